The van der Waals surface area contributed by atoms with Crippen molar-refractivity contribution >= 4 is 17.5 Å². The van der Waals surface area contributed by atoms with Gasteiger partial charge in [-0.15, -0.1) is 0 Å². The molecule has 2 aliphatic rings. The van der Waals surface area contributed by atoms with Gasteiger partial charge >= 0.3 is 0 Å². The number of amidine groups is 2. The van der Waals surface area contributed by atoms with Crippen molar-refractivity contribution < 1.29 is 0 Å². The van der Waals surface area contributed by atoms with Crippen LogP contribution in [-0.4, -0.2) is 64.9 Å². The first-order valence-electron chi connectivity index (χ1n) is 7.90. The lowest BCUT2D eigenvalue weighted by atomic mass is 10.2. The minimum Gasteiger partial charge on any atom is -0.387 e. The van der Waals surface area contributed by atoms with Crippen LogP contribution in [0.25, 0.3) is 0 Å². The van der Waals surface area contributed by atoms with Gasteiger partial charge in [0.1, 0.15) is 11.7 Å². The second-order valence-corrected chi connectivity index (χ2v) is 6.53. The number of rotatable bonds is 5. The third-order valence-corrected chi connectivity index (χ3v) is 4.48. The van der Waals surface area contributed by atoms with Crippen LogP contribution >= 0.6 is 0 Å². The van der Waals surface area contributed by atoms with Gasteiger partial charge in [0.15, 0.2) is 5.82 Å². The number of aromatic nitrogens is 2. The van der Waals surface area contributed by atoms with E-state index in [1.165, 1.54) is 12.8 Å². The Balaban J connectivity index is 1.55. The van der Waals surface area contributed by atoms with Gasteiger partial charge in [0.25, 0.3) is 0 Å². The second-order valence-electron chi connectivity index (χ2n) is 6.53. The van der Waals surface area contributed by atoms with Crippen molar-refractivity contribution in [1.82, 2.24) is 20.0 Å². The van der Waals surface area contributed by atoms with Crippen LogP contribution in [-0.2, 0) is 0 Å². The van der Waals surface area contributed by atoms with Crippen molar-refractivity contribution in [2.75, 3.05) is 27.2 Å². The Kier molecular flexibility index (Phi) is 4.15. The number of hydrogen-bond acceptors (Lipinski definition) is 4. The van der Waals surface area contributed by atoms with Crippen molar-refractivity contribution in [3.8, 4) is 0 Å². The molecule has 7 nitrogen and oxygen atoms in total. The lowest BCUT2D eigenvalue weighted by Crippen LogP contribution is -2.35. The van der Waals surface area contributed by atoms with E-state index in [4.69, 9.17) is 11.1 Å². The molecule has 4 N–H and O–H groups in total. The van der Waals surface area contributed by atoms with Gasteiger partial charge < -0.3 is 15.5 Å². The van der Waals surface area contributed by atoms with E-state index in [2.05, 4.69) is 39.1 Å². The fourth-order valence-electron chi connectivity index (χ4n) is 2.86. The zero-order chi connectivity index (χ0) is 15.7. The average molecular weight is 303 g/mol. The standard InChI is InChI=1S/C15H25N7/c1-21(2)11-5-6-22(9-11)14(17)8-13(16)18-15-7-12(19-20-15)10-3-4-10/h7,10-11,17H,3-6,8-9H2,1-2H3,(H3,16,18,19,20). The Bertz CT molecular complexity index is 570. The Hall–Kier alpha value is -1.89. The number of nitrogens with one attached hydrogen (secondary N) is 2. The van der Waals surface area contributed by atoms with E-state index >= 15 is 0 Å². The normalized spacial score (nSPS) is 22.6. The number of aliphatic imine (C=N–C) groups is 1. The van der Waals surface area contributed by atoms with Gasteiger partial charge in [-0.1, -0.05) is 0 Å². The molecule has 0 radical (unpaired) electrons. The summed E-state index contributed by atoms with van der Waals surface area (Å²) < 4.78 is 0. The maximum atomic E-state index is 8.21. The van der Waals surface area contributed by atoms with Crippen LogP contribution in [0.1, 0.15) is 37.3 Å². The van der Waals surface area contributed by atoms with E-state index in [9.17, 15) is 0 Å². The lowest BCUT2D eigenvalue weighted by molar-refractivity contribution is 0.300. The van der Waals surface area contributed by atoms with E-state index in [1.54, 1.807) is 0 Å². The monoisotopic (exact) mass is 303 g/mol. The minimum absolute atomic E-state index is 0.381. The smallest absolute Gasteiger partial charge is 0.175 e. The van der Waals surface area contributed by atoms with E-state index < -0.39 is 0 Å². The molecule has 1 saturated carbocycles. The summed E-state index contributed by atoms with van der Waals surface area (Å²) in [5.41, 5.74) is 7.14. The fourth-order valence-corrected chi connectivity index (χ4v) is 2.86. The maximum absolute atomic E-state index is 8.21. The van der Waals surface area contributed by atoms with Crippen LogP contribution < -0.4 is 5.73 Å². The molecule has 1 aliphatic heterocycles. The summed E-state index contributed by atoms with van der Waals surface area (Å²) in [4.78, 5) is 8.64. The number of nitrogens with two attached hydrogens (primary N) is 1. The van der Waals surface area contributed by atoms with Gasteiger partial charge in [0.05, 0.1) is 6.42 Å². The average Bonchev–Trinajstić information content (AvgIpc) is 3.01. The van der Waals surface area contributed by atoms with E-state index in [0.717, 1.165) is 25.2 Å². The van der Waals surface area contributed by atoms with Crippen LogP contribution in [0.5, 0.6) is 0 Å². The summed E-state index contributed by atoms with van der Waals surface area (Å²) in [6.07, 6.45) is 3.93. The molecule has 1 aliphatic carbocycles. The molecule has 1 atom stereocenters. The molecule has 0 spiro atoms. The number of nitrogens with zero attached hydrogens (tertiary/aromatic N) is 4. The van der Waals surface area contributed by atoms with Crippen LogP contribution in [0.4, 0.5) is 5.82 Å². The summed E-state index contributed by atoms with van der Waals surface area (Å²) in [6, 6.07) is 2.48. The molecule has 2 fully saturated rings. The number of aromatic amines is 1. The highest BCUT2D eigenvalue weighted by atomic mass is 15.3. The second kappa shape index (κ2) is 6.08. The molecule has 0 amide bonds. The first kappa shape index (κ1) is 15.0. The van der Waals surface area contributed by atoms with Crippen LogP contribution in [0.3, 0.4) is 0 Å². The molecule has 1 aromatic heterocycles. The van der Waals surface area contributed by atoms with Crippen LogP contribution in [0.2, 0.25) is 0 Å². The first-order valence-corrected chi connectivity index (χ1v) is 7.90. The summed E-state index contributed by atoms with van der Waals surface area (Å²) in [5.74, 6) is 2.25. The zero-order valence-corrected chi connectivity index (χ0v) is 13.3. The third-order valence-electron chi connectivity index (χ3n) is 4.48. The fraction of sp³-hybridized carbons (Fsp3) is 0.667. The van der Waals surface area contributed by atoms with Gasteiger partial charge in [-0.2, -0.15) is 5.10 Å². The lowest BCUT2D eigenvalue weighted by Gasteiger charge is -2.22. The molecule has 1 aromatic rings. The number of H-pyrrole nitrogens is 1. The van der Waals surface area contributed by atoms with Gasteiger partial charge in [-0.05, 0) is 33.4 Å². The molecule has 2 heterocycles. The van der Waals surface area contributed by atoms with Crippen LogP contribution in [0, 0.1) is 5.41 Å². The van der Waals surface area contributed by atoms with E-state index in [-0.39, 0.29) is 0 Å². The molecule has 3 rings (SSSR count). The molecule has 120 valence electrons. The number of likely N-dealkylation sites (N-methyl/N-ethyl adjacent to an activating group) is 1. The van der Waals surface area contributed by atoms with Gasteiger partial charge in [-0.25, -0.2) is 4.99 Å². The highest BCUT2D eigenvalue weighted by Gasteiger charge is 2.26. The molecular formula is C15H25N7. The highest BCUT2D eigenvalue weighted by molar-refractivity contribution is 6.01. The number of likely N-dealkylation sites (tertiary alicyclic amines) is 1. The summed E-state index contributed by atoms with van der Waals surface area (Å²) >= 11 is 0. The van der Waals surface area contributed by atoms with Crippen molar-refractivity contribution in [2.24, 2.45) is 10.7 Å². The molecule has 0 bridgehead atoms. The molecule has 1 saturated heterocycles. The van der Waals surface area contributed by atoms with Crippen molar-refractivity contribution in [1.29, 1.82) is 5.41 Å². The highest BCUT2D eigenvalue weighted by Crippen LogP contribution is 2.39. The van der Waals surface area contributed by atoms with Gasteiger partial charge in [0, 0.05) is 36.8 Å². The Morgan fingerprint density at radius 2 is 2.27 bits per heavy atom. The molecule has 22 heavy (non-hydrogen) atoms. The van der Waals surface area contributed by atoms with Crippen LogP contribution in [0.15, 0.2) is 11.1 Å². The predicted molar refractivity (Wildman–Crippen MR) is 87.9 cm³/mol. The number of hydrogen-bond donors (Lipinski definition) is 3. The molecule has 1 unspecified atom stereocenters. The van der Waals surface area contributed by atoms with Crippen molar-refractivity contribution in [3.05, 3.63) is 11.8 Å². The van der Waals surface area contributed by atoms with Crippen molar-refractivity contribution in [3.63, 3.8) is 0 Å². The SMILES string of the molecule is CN(C)C1CCN(C(=N)CC(N)=Nc2cc(C3CC3)[nH]n2)C1. The van der Waals surface area contributed by atoms with E-state index in [1.807, 2.05) is 6.07 Å². The zero-order valence-electron chi connectivity index (χ0n) is 13.3. The quantitative estimate of drug-likeness (QED) is 0.564. The first-order chi connectivity index (χ1) is 10.5. The molecule has 0 aromatic carbocycles. The Morgan fingerprint density at radius 1 is 1.50 bits per heavy atom. The topological polar surface area (TPSA) is 97.4 Å². The van der Waals surface area contributed by atoms with E-state index in [0.29, 0.717) is 35.9 Å². The third kappa shape index (κ3) is 3.47. The summed E-state index contributed by atoms with van der Waals surface area (Å²) in [7, 11) is 4.17. The summed E-state index contributed by atoms with van der Waals surface area (Å²) in [6.45, 7) is 1.82. The Labute approximate surface area is 131 Å². The Morgan fingerprint density at radius 3 is 2.91 bits per heavy atom. The molecule has 7 heteroatoms. The predicted octanol–water partition coefficient (Wildman–Crippen LogP) is 1.28. The minimum atomic E-state index is 0.381. The maximum Gasteiger partial charge on any atom is 0.175 e. The van der Waals surface area contributed by atoms with Gasteiger partial charge in [0.2, 0.25) is 0 Å². The van der Waals surface area contributed by atoms with Crippen molar-refractivity contribution in [2.45, 2.75) is 37.6 Å². The molecular weight excluding hydrogens is 278 g/mol. The van der Waals surface area contributed by atoms with Gasteiger partial charge in [-0.3, -0.25) is 10.5 Å². The summed E-state index contributed by atoms with van der Waals surface area (Å²) in [5, 5.41) is 15.4. The largest absolute Gasteiger partial charge is 0.387 e.